The second-order valence-electron chi connectivity index (χ2n) is 4.92. The number of carbonyl (C=O) groups is 2. The van der Waals surface area contributed by atoms with Crippen molar-refractivity contribution in [1.82, 2.24) is 16.0 Å². The van der Waals surface area contributed by atoms with Gasteiger partial charge in [-0.25, -0.2) is 0 Å². The van der Waals surface area contributed by atoms with Crippen LogP contribution in [0.15, 0.2) is 17.5 Å². The maximum absolute atomic E-state index is 12.1. The van der Waals surface area contributed by atoms with Crippen LogP contribution in [0.5, 0.6) is 0 Å². The van der Waals surface area contributed by atoms with Crippen LogP contribution in [0.2, 0.25) is 0 Å². The fourth-order valence-corrected chi connectivity index (χ4v) is 2.37. The van der Waals surface area contributed by atoms with Crippen LogP contribution in [0.1, 0.15) is 29.9 Å². The number of rotatable bonds is 8. The normalized spacial score (nSPS) is 12.2. The Balaban J connectivity index is 2.51. The fourth-order valence-electron chi connectivity index (χ4n) is 1.74. The highest BCUT2D eigenvalue weighted by Crippen LogP contribution is 2.10. The lowest BCUT2D eigenvalue weighted by Crippen LogP contribution is -2.49. The number of carbonyl (C=O) groups excluding carboxylic acids is 2. The standard InChI is InChI=1S/C14H23N3O2S/c1-10(2)12(14(19)16-8-5-7-15-3)17-13(18)11-6-4-9-20-11/h4,6,9-10,12,15H,5,7-8H2,1-3H3,(H,16,19)(H,17,18). The van der Waals surface area contributed by atoms with Gasteiger partial charge in [0.25, 0.3) is 5.91 Å². The van der Waals surface area contributed by atoms with E-state index >= 15 is 0 Å². The highest BCUT2D eigenvalue weighted by molar-refractivity contribution is 7.12. The Bertz CT molecular complexity index is 418. The van der Waals surface area contributed by atoms with E-state index in [0.717, 1.165) is 13.0 Å². The third-order valence-electron chi connectivity index (χ3n) is 2.88. The van der Waals surface area contributed by atoms with Crippen molar-refractivity contribution in [2.75, 3.05) is 20.1 Å². The molecule has 0 bridgehead atoms. The summed E-state index contributed by atoms with van der Waals surface area (Å²) >= 11 is 1.37. The smallest absolute Gasteiger partial charge is 0.262 e. The number of amides is 2. The lowest BCUT2D eigenvalue weighted by Gasteiger charge is -2.21. The molecule has 0 saturated heterocycles. The predicted octanol–water partition coefficient (Wildman–Crippen LogP) is 1.23. The molecule has 112 valence electrons. The molecule has 0 aromatic carbocycles. The highest BCUT2D eigenvalue weighted by atomic mass is 32.1. The van der Waals surface area contributed by atoms with E-state index in [1.807, 2.05) is 32.3 Å². The second-order valence-corrected chi connectivity index (χ2v) is 5.87. The molecule has 1 aromatic rings. The van der Waals surface area contributed by atoms with E-state index < -0.39 is 6.04 Å². The molecular formula is C14H23N3O2S. The summed E-state index contributed by atoms with van der Waals surface area (Å²) in [5, 5.41) is 10.5. The molecule has 0 aliphatic carbocycles. The van der Waals surface area contributed by atoms with Crippen LogP contribution in [0.25, 0.3) is 0 Å². The summed E-state index contributed by atoms with van der Waals surface area (Å²) in [6, 6.07) is 3.07. The summed E-state index contributed by atoms with van der Waals surface area (Å²) in [4.78, 5) is 24.7. The molecule has 20 heavy (non-hydrogen) atoms. The van der Waals surface area contributed by atoms with E-state index in [2.05, 4.69) is 16.0 Å². The van der Waals surface area contributed by atoms with Crippen LogP contribution in [0.3, 0.4) is 0 Å². The Kier molecular flexibility index (Phi) is 7.25. The first-order valence-electron chi connectivity index (χ1n) is 6.83. The molecule has 3 N–H and O–H groups in total. The van der Waals surface area contributed by atoms with Gasteiger partial charge in [-0.1, -0.05) is 19.9 Å². The molecule has 1 rings (SSSR count). The van der Waals surface area contributed by atoms with Gasteiger partial charge in [0.2, 0.25) is 5.91 Å². The van der Waals surface area contributed by atoms with Crippen molar-refractivity contribution in [3.63, 3.8) is 0 Å². The third kappa shape index (κ3) is 5.30. The van der Waals surface area contributed by atoms with Crippen LogP contribution >= 0.6 is 11.3 Å². The van der Waals surface area contributed by atoms with Crippen molar-refractivity contribution in [2.45, 2.75) is 26.3 Å². The topological polar surface area (TPSA) is 70.2 Å². The van der Waals surface area contributed by atoms with Gasteiger partial charge in [0, 0.05) is 6.54 Å². The molecule has 6 heteroatoms. The third-order valence-corrected chi connectivity index (χ3v) is 3.75. The predicted molar refractivity (Wildman–Crippen MR) is 82.0 cm³/mol. The van der Waals surface area contributed by atoms with Crippen LogP contribution < -0.4 is 16.0 Å². The van der Waals surface area contributed by atoms with Gasteiger partial charge >= 0.3 is 0 Å². The summed E-state index contributed by atoms with van der Waals surface area (Å²) in [6.45, 7) is 5.31. The quantitative estimate of drug-likeness (QED) is 0.632. The average molecular weight is 297 g/mol. The molecular weight excluding hydrogens is 274 g/mol. The van der Waals surface area contributed by atoms with Crippen LogP contribution in [-0.4, -0.2) is 38.0 Å². The highest BCUT2D eigenvalue weighted by Gasteiger charge is 2.24. The number of hydrogen-bond donors (Lipinski definition) is 3. The van der Waals surface area contributed by atoms with Gasteiger partial charge in [0.05, 0.1) is 4.88 Å². The first kappa shape index (κ1) is 16.7. The zero-order chi connectivity index (χ0) is 15.0. The van der Waals surface area contributed by atoms with E-state index in [0.29, 0.717) is 11.4 Å². The van der Waals surface area contributed by atoms with Crippen molar-refractivity contribution < 1.29 is 9.59 Å². The van der Waals surface area contributed by atoms with E-state index in [1.54, 1.807) is 6.07 Å². The van der Waals surface area contributed by atoms with E-state index in [4.69, 9.17) is 0 Å². The molecule has 0 radical (unpaired) electrons. The van der Waals surface area contributed by atoms with Crippen molar-refractivity contribution in [3.05, 3.63) is 22.4 Å². The first-order chi connectivity index (χ1) is 9.56. The van der Waals surface area contributed by atoms with Crippen molar-refractivity contribution in [2.24, 2.45) is 5.92 Å². The van der Waals surface area contributed by atoms with Gasteiger partial charge in [-0.15, -0.1) is 11.3 Å². The summed E-state index contributed by atoms with van der Waals surface area (Å²) in [6.07, 6.45) is 0.867. The van der Waals surface area contributed by atoms with Gasteiger partial charge in [-0.2, -0.15) is 0 Å². The number of thiophene rings is 1. The Morgan fingerprint density at radius 3 is 2.60 bits per heavy atom. The van der Waals surface area contributed by atoms with Crippen LogP contribution in [-0.2, 0) is 4.79 Å². The lowest BCUT2D eigenvalue weighted by molar-refractivity contribution is -0.123. The molecule has 2 amide bonds. The molecule has 1 heterocycles. The maximum Gasteiger partial charge on any atom is 0.262 e. The average Bonchev–Trinajstić information content (AvgIpc) is 2.94. The van der Waals surface area contributed by atoms with Crippen molar-refractivity contribution in [1.29, 1.82) is 0 Å². The van der Waals surface area contributed by atoms with E-state index in [-0.39, 0.29) is 17.7 Å². The lowest BCUT2D eigenvalue weighted by atomic mass is 10.0. The van der Waals surface area contributed by atoms with Crippen molar-refractivity contribution in [3.8, 4) is 0 Å². The molecule has 0 spiro atoms. The Labute approximate surface area is 124 Å². The van der Waals surface area contributed by atoms with Gasteiger partial charge in [0.1, 0.15) is 6.04 Å². The SMILES string of the molecule is CNCCCNC(=O)C(NC(=O)c1cccs1)C(C)C. The summed E-state index contributed by atoms with van der Waals surface area (Å²) in [5.41, 5.74) is 0. The molecule has 1 atom stereocenters. The number of hydrogen-bond acceptors (Lipinski definition) is 4. The Morgan fingerprint density at radius 1 is 1.30 bits per heavy atom. The van der Waals surface area contributed by atoms with Crippen LogP contribution in [0, 0.1) is 5.92 Å². The van der Waals surface area contributed by atoms with Gasteiger partial charge < -0.3 is 16.0 Å². The molecule has 1 unspecified atom stereocenters. The minimum absolute atomic E-state index is 0.0446. The molecule has 5 nitrogen and oxygen atoms in total. The molecule has 1 aromatic heterocycles. The summed E-state index contributed by atoms with van der Waals surface area (Å²) < 4.78 is 0. The first-order valence-corrected chi connectivity index (χ1v) is 7.71. The Morgan fingerprint density at radius 2 is 2.05 bits per heavy atom. The maximum atomic E-state index is 12.1. The zero-order valence-electron chi connectivity index (χ0n) is 12.2. The van der Waals surface area contributed by atoms with Gasteiger partial charge in [-0.05, 0) is 37.4 Å². The molecule has 0 fully saturated rings. The second kappa shape index (κ2) is 8.71. The monoisotopic (exact) mass is 297 g/mol. The molecule has 0 aliphatic rings. The minimum atomic E-state index is -0.501. The number of nitrogens with one attached hydrogen (secondary N) is 3. The van der Waals surface area contributed by atoms with Crippen molar-refractivity contribution >= 4 is 23.2 Å². The fraction of sp³-hybridized carbons (Fsp3) is 0.571. The van der Waals surface area contributed by atoms with Gasteiger partial charge in [0.15, 0.2) is 0 Å². The minimum Gasteiger partial charge on any atom is -0.354 e. The van der Waals surface area contributed by atoms with Gasteiger partial charge in [-0.3, -0.25) is 9.59 Å². The van der Waals surface area contributed by atoms with Crippen LogP contribution in [0.4, 0.5) is 0 Å². The van der Waals surface area contributed by atoms with E-state index in [9.17, 15) is 9.59 Å². The zero-order valence-corrected chi connectivity index (χ0v) is 13.0. The largest absolute Gasteiger partial charge is 0.354 e. The van der Waals surface area contributed by atoms with E-state index in [1.165, 1.54) is 11.3 Å². The summed E-state index contributed by atoms with van der Waals surface area (Å²) in [7, 11) is 1.87. The molecule has 0 aliphatic heterocycles. The Hall–Kier alpha value is -1.40. The molecule has 0 saturated carbocycles. The summed E-state index contributed by atoms with van der Waals surface area (Å²) in [5.74, 6) is -0.270.